The van der Waals surface area contributed by atoms with Crippen LogP contribution in [0.25, 0.3) is 0 Å². The second kappa shape index (κ2) is 5.41. The number of imide groups is 1. The lowest BCUT2D eigenvalue weighted by Crippen LogP contribution is -2.28. The molecule has 1 aromatic heterocycles. The highest BCUT2D eigenvalue weighted by atomic mass is 32.1. The Morgan fingerprint density at radius 3 is 2.38 bits per heavy atom. The summed E-state index contributed by atoms with van der Waals surface area (Å²) >= 11 is 1.22. The molecule has 8 heteroatoms. The van der Waals surface area contributed by atoms with E-state index in [0.717, 1.165) is 4.90 Å². The van der Waals surface area contributed by atoms with Gasteiger partial charge >= 0.3 is 0 Å². The maximum Gasteiger partial charge on any atom is 0.257 e. The maximum atomic E-state index is 12.0. The van der Waals surface area contributed by atoms with E-state index in [0.29, 0.717) is 16.4 Å². The van der Waals surface area contributed by atoms with Gasteiger partial charge in [0.2, 0.25) is 16.9 Å². The van der Waals surface area contributed by atoms with E-state index in [4.69, 9.17) is 0 Å². The second-order valence-corrected chi connectivity index (χ2v) is 5.20. The van der Waals surface area contributed by atoms with Gasteiger partial charge in [-0.2, -0.15) is 0 Å². The number of nitrogens with one attached hydrogen (secondary N) is 1. The third-order valence-corrected chi connectivity index (χ3v) is 3.63. The first-order valence-electron chi connectivity index (χ1n) is 6.18. The molecule has 0 atom stereocenters. The molecule has 2 aromatic rings. The van der Waals surface area contributed by atoms with Gasteiger partial charge in [-0.05, 0) is 24.3 Å². The van der Waals surface area contributed by atoms with Gasteiger partial charge in [0.1, 0.15) is 5.51 Å². The van der Waals surface area contributed by atoms with Crippen LogP contribution in [0, 0.1) is 0 Å². The number of hydrogen-bond donors (Lipinski definition) is 1. The molecule has 1 aliphatic rings. The number of amides is 3. The molecule has 2 heterocycles. The number of aromatic nitrogens is 2. The fourth-order valence-corrected chi connectivity index (χ4v) is 2.46. The molecule has 1 aliphatic heterocycles. The summed E-state index contributed by atoms with van der Waals surface area (Å²) in [4.78, 5) is 36.4. The number of anilines is 2. The Morgan fingerprint density at radius 2 is 1.81 bits per heavy atom. The van der Waals surface area contributed by atoms with E-state index < -0.39 is 0 Å². The molecule has 21 heavy (non-hydrogen) atoms. The Balaban J connectivity index is 1.76. The summed E-state index contributed by atoms with van der Waals surface area (Å²) in [5.41, 5.74) is 2.41. The highest BCUT2D eigenvalue weighted by Gasteiger charge is 2.30. The quantitative estimate of drug-likeness (QED) is 0.866. The Kier molecular flexibility index (Phi) is 3.44. The smallest absolute Gasteiger partial charge is 0.257 e. The number of benzene rings is 1. The highest BCUT2D eigenvalue weighted by molar-refractivity contribution is 7.13. The molecular weight excluding hydrogens is 292 g/mol. The van der Waals surface area contributed by atoms with Gasteiger partial charge in [-0.15, -0.1) is 10.2 Å². The van der Waals surface area contributed by atoms with Gasteiger partial charge < -0.3 is 0 Å². The molecular formula is C13H10N4O3S. The van der Waals surface area contributed by atoms with E-state index >= 15 is 0 Å². The van der Waals surface area contributed by atoms with Crippen LogP contribution in [0.5, 0.6) is 0 Å². The number of carbonyl (C=O) groups excluding carboxylic acids is 3. The van der Waals surface area contributed by atoms with Gasteiger partial charge in [-0.3, -0.25) is 24.6 Å². The summed E-state index contributed by atoms with van der Waals surface area (Å²) in [5.74, 6) is -0.755. The Labute approximate surface area is 123 Å². The summed E-state index contributed by atoms with van der Waals surface area (Å²) in [6.07, 6.45) is 0.468. The predicted molar refractivity (Wildman–Crippen MR) is 76.0 cm³/mol. The molecule has 0 unspecified atom stereocenters. The molecule has 0 spiro atoms. The van der Waals surface area contributed by atoms with E-state index in [1.165, 1.54) is 16.8 Å². The third kappa shape index (κ3) is 2.65. The average Bonchev–Trinajstić information content (AvgIpc) is 3.09. The lowest BCUT2D eigenvalue weighted by atomic mass is 10.2. The fraction of sp³-hybridized carbons (Fsp3) is 0.154. The molecule has 1 saturated heterocycles. The van der Waals surface area contributed by atoms with Gasteiger partial charge in [-0.1, -0.05) is 11.3 Å². The van der Waals surface area contributed by atoms with Crippen LogP contribution in [0.4, 0.5) is 10.8 Å². The van der Waals surface area contributed by atoms with Crippen LogP contribution in [0.2, 0.25) is 0 Å². The molecule has 7 nitrogen and oxygen atoms in total. The van der Waals surface area contributed by atoms with Gasteiger partial charge in [0, 0.05) is 18.4 Å². The first kappa shape index (κ1) is 13.4. The molecule has 1 fully saturated rings. The lowest BCUT2D eigenvalue weighted by Gasteiger charge is -2.13. The van der Waals surface area contributed by atoms with Crippen molar-refractivity contribution in [2.75, 3.05) is 10.2 Å². The van der Waals surface area contributed by atoms with Crippen molar-refractivity contribution in [1.29, 1.82) is 0 Å². The van der Waals surface area contributed by atoms with Crippen LogP contribution in [-0.4, -0.2) is 27.9 Å². The molecule has 3 amide bonds. The van der Waals surface area contributed by atoms with E-state index in [1.54, 1.807) is 24.3 Å². The van der Waals surface area contributed by atoms with Crippen molar-refractivity contribution in [2.45, 2.75) is 12.8 Å². The monoisotopic (exact) mass is 302 g/mol. The van der Waals surface area contributed by atoms with E-state index in [1.807, 2.05) is 0 Å². The Hall–Kier alpha value is -2.61. The predicted octanol–water partition coefficient (Wildman–Crippen LogP) is 1.44. The summed E-state index contributed by atoms with van der Waals surface area (Å²) < 4.78 is 0. The van der Waals surface area contributed by atoms with Crippen LogP contribution in [0.15, 0.2) is 29.8 Å². The van der Waals surface area contributed by atoms with Crippen molar-refractivity contribution in [3.05, 3.63) is 35.3 Å². The molecule has 1 N–H and O–H groups in total. The van der Waals surface area contributed by atoms with Crippen LogP contribution < -0.4 is 10.2 Å². The van der Waals surface area contributed by atoms with Crippen LogP contribution >= 0.6 is 11.3 Å². The molecule has 106 valence electrons. The van der Waals surface area contributed by atoms with Crippen molar-refractivity contribution in [3.63, 3.8) is 0 Å². The van der Waals surface area contributed by atoms with Crippen molar-refractivity contribution < 1.29 is 14.4 Å². The van der Waals surface area contributed by atoms with Gasteiger partial charge in [-0.25, -0.2) is 0 Å². The maximum absolute atomic E-state index is 12.0. The van der Waals surface area contributed by atoms with E-state index in [9.17, 15) is 14.4 Å². The van der Waals surface area contributed by atoms with E-state index in [-0.39, 0.29) is 30.6 Å². The van der Waals surface area contributed by atoms with Crippen molar-refractivity contribution in [3.8, 4) is 0 Å². The molecule has 0 aliphatic carbocycles. The number of rotatable bonds is 3. The van der Waals surface area contributed by atoms with Gasteiger partial charge in [0.15, 0.2) is 0 Å². The molecule has 0 bridgehead atoms. The van der Waals surface area contributed by atoms with Crippen molar-refractivity contribution >= 4 is 39.9 Å². The highest BCUT2D eigenvalue weighted by Crippen LogP contribution is 2.23. The van der Waals surface area contributed by atoms with Gasteiger partial charge in [0.25, 0.3) is 5.91 Å². The fourth-order valence-electron chi connectivity index (χ4n) is 2.02. The SMILES string of the molecule is O=C(Nc1nncs1)c1ccc(N2C(=O)CCC2=O)cc1. The van der Waals surface area contributed by atoms with Crippen molar-refractivity contribution in [1.82, 2.24) is 10.2 Å². The number of hydrogen-bond acceptors (Lipinski definition) is 6. The zero-order valence-electron chi connectivity index (χ0n) is 10.8. The van der Waals surface area contributed by atoms with Crippen LogP contribution in [0.1, 0.15) is 23.2 Å². The minimum atomic E-state index is -0.322. The lowest BCUT2D eigenvalue weighted by molar-refractivity contribution is -0.121. The Bertz CT molecular complexity index is 681. The number of carbonyl (C=O) groups is 3. The van der Waals surface area contributed by atoms with Crippen molar-refractivity contribution in [2.24, 2.45) is 0 Å². The van der Waals surface area contributed by atoms with E-state index in [2.05, 4.69) is 15.5 Å². The molecule has 0 radical (unpaired) electrons. The molecule has 1 aromatic carbocycles. The zero-order valence-corrected chi connectivity index (χ0v) is 11.6. The first-order chi connectivity index (χ1) is 10.1. The first-order valence-corrected chi connectivity index (χ1v) is 7.06. The summed E-state index contributed by atoms with van der Waals surface area (Å²) in [6, 6.07) is 6.28. The van der Waals surface area contributed by atoms with Crippen LogP contribution in [-0.2, 0) is 9.59 Å². The van der Waals surface area contributed by atoms with Crippen LogP contribution in [0.3, 0.4) is 0 Å². The Morgan fingerprint density at radius 1 is 1.14 bits per heavy atom. The third-order valence-electron chi connectivity index (χ3n) is 3.02. The average molecular weight is 302 g/mol. The summed E-state index contributed by atoms with van der Waals surface area (Å²) in [6.45, 7) is 0. The summed E-state index contributed by atoms with van der Waals surface area (Å²) in [5, 5.41) is 10.4. The largest absolute Gasteiger partial charge is 0.296 e. The normalized spacial score (nSPS) is 14.6. The minimum absolute atomic E-state index is 0.217. The molecule has 3 rings (SSSR count). The molecule has 0 saturated carbocycles. The standard InChI is InChI=1S/C13H10N4O3S/c18-10-5-6-11(19)17(10)9-3-1-8(2-4-9)12(20)15-13-16-14-7-21-13/h1-4,7H,5-6H2,(H,15,16,20). The second-order valence-electron chi connectivity index (χ2n) is 4.37. The van der Waals surface area contributed by atoms with Gasteiger partial charge in [0.05, 0.1) is 5.69 Å². The number of nitrogens with zero attached hydrogens (tertiary/aromatic N) is 3. The zero-order chi connectivity index (χ0) is 14.8. The summed E-state index contributed by atoms with van der Waals surface area (Å²) in [7, 11) is 0. The topological polar surface area (TPSA) is 92.3 Å². The minimum Gasteiger partial charge on any atom is -0.296 e.